The summed E-state index contributed by atoms with van der Waals surface area (Å²) in [5.41, 5.74) is 2.85. The number of benzene rings is 1. The normalized spacial score (nSPS) is 10.7. The average molecular weight is 264 g/mol. The number of Topliss-reactive ketones (excluding diaryl/α,β-unsaturated/α-hetero) is 1. The number of hydrogen-bond acceptors (Lipinski definition) is 3. The Morgan fingerprint density at radius 2 is 1.84 bits per heavy atom. The zero-order chi connectivity index (χ0) is 14.1. The molecule has 0 radical (unpaired) electrons. The van der Waals surface area contributed by atoms with Crippen LogP contribution in [0, 0.1) is 13.8 Å². The number of ether oxygens (including phenoxy) is 2. The highest BCUT2D eigenvalue weighted by Crippen LogP contribution is 2.11. The minimum Gasteiger partial charge on any atom is -0.379 e. The van der Waals surface area contributed by atoms with E-state index in [0.717, 1.165) is 36.1 Å². The van der Waals surface area contributed by atoms with Gasteiger partial charge in [0.25, 0.3) is 0 Å². The molecule has 0 bridgehead atoms. The lowest BCUT2D eigenvalue weighted by molar-refractivity contribution is 0.0432. The quantitative estimate of drug-likeness (QED) is 0.507. The van der Waals surface area contributed by atoms with Gasteiger partial charge in [-0.15, -0.1) is 0 Å². The molecule has 0 aliphatic carbocycles. The number of unbranched alkanes of at least 4 members (excludes halogenated alkanes) is 1. The maximum absolute atomic E-state index is 12.0. The molecule has 0 saturated carbocycles. The molecule has 1 rings (SSSR count). The molecular weight excluding hydrogens is 240 g/mol. The van der Waals surface area contributed by atoms with Crippen molar-refractivity contribution in [3.63, 3.8) is 0 Å². The van der Waals surface area contributed by atoms with Crippen LogP contribution in [0.4, 0.5) is 0 Å². The zero-order valence-corrected chi connectivity index (χ0v) is 12.2. The summed E-state index contributed by atoms with van der Waals surface area (Å²) in [6.07, 6.45) is 2.20. The van der Waals surface area contributed by atoms with Gasteiger partial charge in [-0.1, -0.05) is 31.0 Å². The molecule has 0 aliphatic rings. The van der Waals surface area contributed by atoms with Crippen LogP contribution in [0.2, 0.25) is 0 Å². The second-order valence-corrected chi connectivity index (χ2v) is 4.76. The number of hydrogen-bond donors (Lipinski definition) is 0. The fourth-order valence-corrected chi connectivity index (χ4v) is 1.75. The summed E-state index contributed by atoms with van der Waals surface area (Å²) >= 11 is 0. The molecule has 0 unspecified atom stereocenters. The van der Waals surface area contributed by atoms with Crippen LogP contribution in [-0.2, 0) is 9.47 Å². The number of aryl methyl sites for hydroxylation is 2. The van der Waals surface area contributed by atoms with Gasteiger partial charge in [-0.3, -0.25) is 4.79 Å². The second-order valence-electron chi connectivity index (χ2n) is 4.76. The van der Waals surface area contributed by atoms with Gasteiger partial charge in [-0.25, -0.2) is 0 Å². The Bertz CT molecular complexity index is 399. The monoisotopic (exact) mass is 264 g/mol. The van der Waals surface area contributed by atoms with Gasteiger partial charge in [0.1, 0.15) is 6.61 Å². The van der Waals surface area contributed by atoms with Crippen molar-refractivity contribution in [1.82, 2.24) is 0 Å². The Labute approximate surface area is 115 Å². The molecule has 0 spiro atoms. The van der Waals surface area contributed by atoms with Crippen LogP contribution in [0.3, 0.4) is 0 Å². The first-order chi connectivity index (χ1) is 9.15. The van der Waals surface area contributed by atoms with Gasteiger partial charge >= 0.3 is 0 Å². The van der Waals surface area contributed by atoms with E-state index in [4.69, 9.17) is 9.47 Å². The minimum atomic E-state index is 0.0368. The predicted octanol–water partition coefficient (Wildman–Crippen LogP) is 3.32. The third-order valence-electron chi connectivity index (χ3n) is 2.94. The molecule has 0 aromatic heterocycles. The van der Waals surface area contributed by atoms with Crippen LogP contribution in [0.5, 0.6) is 0 Å². The molecule has 19 heavy (non-hydrogen) atoms. The number of rotatable bonds is 9. The average Bonchev–Trinajstić information content (AvgIpc) is 2.40. The van der Waals surface area contributed by atoms with E-state index < -0.39 is 0 Å². The van der Waals surface area contributed by atoms with Crippen molar-refractivity contribution < 1.29 is 14.3 Å². The molecule has 0 amide bonds. The van der Waals surface area contributed by atoms with Gasteiger partial charge in [0.15, 0.2) is 5.78 Å². The fourth-order valence-electron chi connectivity index (χ4n) is 1.75. The summed E-state index contributed by atoms with van der Waals surface area (Å²) in [4.78, 5) is 12.0. The lowest BCUT2D eigenvalue weighted by atomic mass is 10.0. The SMILES string of the molecule is CCCCOCCOCC(=O)c1cc(C)ccc1C. The zero-order valence-electron chi connectivity index (χ0n) is 12.2. The molecule has 3 nitrogen and oxygen atoms in total. The van der Waals surface area contributed by atoms with Gasteiger partial charge < -0.3 is 9.47 Å². The Kier molecular flexibility index (Phi) is 7.38. The van der Waals surface area contributed by atoms with E-state index in [0.29, 0.717) is 13.2 Å². The van der Waals surface area contributed by atoms with E-state index >= 15 is 0 Å². The van der Waals surface area contributed by atoms with E-state index in [1.807, 2.05) is 32.0 Å². The molecule has 0 N–H and O–H groups in total. The topological polar surface area (TPSA) is 35.5 Å². The van der Waals surface area contributed by atoms with Crippen LogP contribution in [0.25, 0.3) is 0 Å². The standard InChI is InChI=1S/C16H24O3/c1-4-5-8-18-9-10-19-12-16(17)15-11-13(2)6-7-14(15)3/h6-7,11H,4-5,8-10,12H2,1-3H3. The lowest BCUT2D eigenvalue weighted by Gasteiger charge is -2.07. The first-order valence-electron chi connectivity index (χ1n) is 6.91. The first-order valence-corrected chi connectivity index (χ1v) is 6.91. The maximum Gasteiger partial charge on any atom is 0.188 e. The number of ketones is 1. The molecule has 106 valence electrons. The molecule has 0 fully saturated rings. The number of carbonyl (C=O) groups excluding carboxylic acids is 1. The van der Waals surface area contributed by atoms with Gasteiger partial charge in [-0.05, 0) is 31.9 Å². The predicted molar refractivity (Wildman–Crippen MR) is 76.8 cm³/mol. The van der Waals surface area contributed by atoms with Gasteiger partial charge in [0.2, 0.25) is 0 Å². The van der Waals surface area contributed by atoms with Gasteiger partial charge in [0.05, 0.1) is 13.2 Å². The van der Waals surface area contributed by atoms with Crippen molar-refractivity contribution in [2.75, 3.05) is 26.4 Å². The van der Waals surface area contributed by atoms with E-state index in [1.54, 1.807) is 0 Å². The number of carbonyl (C=O) groups is 1. The Morgan fingerprint density at radius 1 is 1.11 bits per heavy atom. The molecule has 0 aliphatic heterocycles. The van der Waals surface area contributed by atoms with Crippen LogP contribution in [-0.4, -0.2) is 32.2 Å². The Balaban J connectivity index is 2.26. The maximum atomic E-state index is 12.0. The summed E-state index contributed by atoms with van der Waals surface area (Å²) < 4.78 is 10.7. The summed E-state index contributed by atoms with van der Waals surface area (Å²) in [6, 6.07) is 5.89. The highest BCUT2D eigenvalue weighted by atomic mass is 16.5. The van der Waals surface area contributed by atoms with Gasteiger partial charge in [0, 0.05) is 12.2 Å². The highest BCUT2D eigenvalue weighted by Gasteiger charge is 2.09. The van der Waals surface area contributed by atoms with Crippen LogP contribution in [0.15, 0.2) is 18.2 Å². The van der Waals surface area contributed by atoms with E-state index in [1.165, 1.54) is 0 Å². The van der Waals surface area contributed by atoms with Crippen molar-refractivity contribution >= 4 is 5.78 Å². The lowest BCUT2D eigenvalue weighted by Crippen LogP contribution is -2.14. The summed E-state index contributed by atoms with van der Waals surface area (Å²) in [5.74, 6) is 0.0368. The van der Waals surface area contributed by atoms with Crippen LogP contribution in [0.1, 0.15) is 41.3 Å². The third-order valence-corrected chi connectivity index (χ3v) is 2.94. The summed E-state index contributed by atoms with van der Waals surface area (Å²) in [6.45, 7) is 7.98. The first kappa shape index (κ1) is 15.9. The molecular formula is C16H24O3. The van der Waals surface area contributed by atoms with Crippen molar-refractivity contribution in [2.24, 2.45) is 0 Å². The molecule has 1 aromatic carbocycles. The van der Waals surface area contributed by atoms with Crippen molar-refractivity contribution in [3.8, 4) is 0 Å². The van der Waals surface area contributed by atoms with Crippen molar-refractivity contribution in [2.45, 2.75) is 33.6 Å². The summed E-state index contributed by atoms with van der Waals surface area (Å²) in [7, 11) is 0. The molecule has 1 aromatic rings. The fraction of sp³-hybridized carbons (Fsp3) is 0.562. The van der Waals surface area contributed by atoms with E-state index in [-0.39, 0.29) is 12.4 Å². The van der Waals surface area contributed by atoms with E-state index in [9.17, 15) is 4.79 Å². The van der Waals surface area contributed by atoms with E-state index in [2.05, 4.69) is 6.92 Å². The molecule has 0 atom stereocenters. The van der Waals surface area contributed by atoms with Crippen LogP contribution < -0.4 is 0 Å². The highest BCUT2D eigenvalue weighted by molar-refractivity contribution is 5.98. The Morgan fingerprint density at radius 3 is 2.58 bits per heavy atom. The van der Waals surface area contributed by atoms with Crippen molar-refractivity contribution in [3.05, 3.63) is 34.9 Å². The molecule has 0 saturated heterocycles. The summed E-state index contributed by atoms with van der Waals surface area (Å²) in [5, 5.41) is 0. The Hall–Kier alpha value is -1.19. The van der Waals surface area contributed by atoms with Crippen molar-refractivity contribution in [1.29, 1.82) is 0 Å². The minimum absolute atomic E-state index is 0.0368. The largest absolute Gasteiger partial charge is 0.379 e. The third kappa shape index (κ3) is 5.99. The molecule has 0 heterocycles. The molecule has 3 heteroatoms. The second kappa shape index (κ2) is 8.83. The van der Waals surface area contributed by atoms with Gasteiger partial charge in [-0.2, -0.15) is 0 Å². The van der Waals surface area contributed by atoms with Crippen LogP contribution >= 0.6 is 0 Å². The smallest absolute Gasteiger partial charge is 0.188 e.